The third-order valence-corrected chi connectivity index (χ3v) is 4.82. The Kier molecular flexibility index (Phi) is 4.73. The number of ether oxygens (including phenoxy) is 2. The van der Waals surface area contributed by atoms with Gasteiger partial charge in [0.05, 0.1) is 16.4 Å². The van der Waals surface area contributed by atoms with Crippen molar-refractivity contribution in [3.63, 3.8) is 0 Å². The van der Waals surface area contributed by atoms with Gasteiger partial charge < -0.3 is 14.8 Å². The summed E-state index contributed by atoms with van der Waals surface area (Å²) in [6.45, 7) is -0.449. The Morgan fingerprint density at radius 1 is 1.15 bits per heavy atom. The van der Waals surface area contributed by atoms with Crippen LogP contribution in [0.2, 0.25) is 0 Å². The number of benzene rings is 2. The molecule has 0 saturated heterocycles. The molecular weight excluding hydrogens is 366 g/mol. The van der Waals surface area contributed by atoms with Gasteiger partial charge in [-0.3, -0.25) is 14.9 Å². The van der Waals surface area contributed by atoms with Gasteiger partial charge in [0.25, 0.3) is 5.69 Å². The Bertz CT molecular complexity index is 975. The molecule has 10 nitrogen and oxygen atoms in total. The van der Waals surface area contributed by atoms with Crippen LogP contribution in [0.1, 0.15) is 0 Å². The van der Waals surface area contributed by atoms with Gasteiger partial charge in [0, 0.05) is 23.9 Å². The quantitative estimate of drug-likeness (QED) is 0.569. The van der Waals surface area contributed by atoms with Crippen LogP contribution in [0.25, 0.3) is 0 Å². The third-order valence-electron chi connectivity index (χ3n) is 3.42. The smallest absolute Gasteiger partial charge is 0.270 e. The molecule has 0 unspecified atom stereocenters. The molecule has 0 spiro atoms. The first kappa shape index (κ1) is 17.6. The van der Waals surface area contributed by atoms with Gasteiger partial charge in [-0.2, -0.15) is 0 Å². The number of anilines is 1. The summed E-state index contributed by atoms with van der Waals surface area (Å²) in [5.41, 5.74) is 0.0477. The Morgan fingerprint density at radius 3 is 2.69 bits per heavy atom. The largest absolute Gasteiger partial charge is 0.454 e. The van der Waals surface area contributed by atoms with E-state index in [1.54, 1.807) is 18.2 Å². The lowest BCUT2D eigenvalue weighted by atomic mass is 10.3. The van der Waals surface area contributed by atoms with Gasteiger partial charge in [0.2, 0.25) is 22.7 Å². The molecule has 2 aromatic rings. The molecule has 0 saturated carbocycles. The number of sulfonamides is 1. The molecule has 1 amide bonds. The molecule has 136 valence electrons. The Hall–Kier alpha value is -3.18. The van der Waals surface area contributed by atoms with Crippen molar-refractivity contribution in [1.29, 1.82) is 0 Å². The lowest BCUT2D eigenvalue weighted by Crippen LogP contribution is -2.32. The molecule has 0 fully saturated rings. The molecule has 1 aliphatic rings. The highest BCUT2D eigenvalue weighted by Gasteiger charge is 2.19. The second-order valence-electron chi connectivity index (χ2n) is 5.20. The minimum Gasteiger partial charge on any atom is -0.454 e. The zero-order valence-electron chi connectivity index (χ0n) is 13.2. The van der Waals surface area contributed by atoms with Crippen molar-refractivity contribution >= 4 is 27.3 Å². The van der Waals surface area contributed by atoms with Crippen LogP contribution in [0.3, 0.4) is 0 Å². The van der Waals surface area contributed by atoms with Crippen molar-refractivity contribution < 1.29 is 27.6 Å². The Balaban J connectivity index is 1.63. The number of carbonyl (C=O) groups excluding carboxylic acids is 1. The fraction of sp³-hybridized carbons (Fsp3) is 0.133. The summed E-state index contributed by atoms with van der Waals surface area (Å²) in [5, 5.41) is 13.3. The number of hydrogen-bond acceptors (Lipinski definition) is 7. The van der Waals surface area contributed by atoms with Gasteiger partial charge in [-0.05, 0) is 18.2 Å². The number of non-ortho nitro benzene ring substituents is 1. The standard InChI is InChI=1S/C15H13N3O7S/c19-15(17-10-4-5-13-14(6-10)25-9-24-13)8-16-26(22,23)12-3-1-2-11(7-12)18(20)21/h1-7,16H,8-9H2,(H,17,19). The van der Waals surface area contributed by atoms with Crippen LogP contribution in [0.15, 0.2) is 47.4 Å². The highest BCUT2D eigenvalue weighted by atomic mass is 32.2. The highest BCUT2D eigenvalue weighted by molar-refractivity contribution is 7.89. The van der Waals surface area contributed by atoms with E-state index >= 15 is 0 Å². The first-order valence-electron chi connectivity index (χ1n) is 7.29. The predicted molar refractivity (Wildman–Crippen MR) is 89.5 cm³/mol. The van der Waals surface area contributed by atoms with E-state index < -0.39 is 27.4 Å². The van der Waals surface area contributed by atoms with E-state index in [1.807, 2.05) is 0 Å². The van der Waals surface area contributed by atoms with Crippen LogP contribution < -0.4 is 19.5 Å². The number of fused-ring (bicyclic) bond motifs is 1. The molecule has 1 aliphatic heterocycles. The van der Waals surface area contributed by atoms with Crippen LogP contribution in [-0.4, -0.2) is 32.6 Å². The SMILES string of the molecule is O=C(CNS(=O)(=O)c1cccc([N+](=O)[O-])c1)Nc1ccc2c(c1)OCO2. The van der Waals surface area contributed by atoms with Gasteiger partial charge in [-0.15, -0.1) is 0 Å². The third kappa shape index (κ3) is 3.90. The van der Waals surface area contributed by atoms with Crippen molar-refractivity contribution in [1.82, 2.24) is 4.72 Å². The summed E-state index contributed by atoms with van der Waals surface area (Å²) < 4.78 is 36.8. The molecule has 11 heteroatoms. The maximum Gasteiger partial charge on any atom is 0.270 e. The number of nitro groups is 1. The van der Waals surface area contributed by atoms with Gasteiger partial charge in [-0.1, -0.05) is 6.07 Å². The zero-order chi connectivity index (χ0) is 18.7. The van der Waals surface area contributed by atoms with Crippen molar-refractivity contribution in [3.8, 4) is 11.5 Å². The number of hydrogen-bond donors (Lipinski definition) is 2. The summed E-state index contributed by atoms with van der Waals surface area (Å²) in [6, 6.07) is 9.29. The Labute approximate surface area is 147 Å². The second-order valence-corrected chi connectivity index (χ2v) is 6.96. The van der Waals surface area contributed by atoms with Crippen LogP contribution >= 0.6 is 0 Å². The van der Waals surface area contributed by atoms with Crippen molar-refractivity contribution in [3.05, 3.63) is 52.6 Å². The lowest BCUT2D eigenvalue weighted by Gasteiger charge is -2.08. The van der Waals surface area contributed by atoms with Gasteiger partial charge >= 0.3 is 0 Å². The van der Waals surface area contributed by atoms with E-state index in [-0.39, 0.29) is 17.4 Å². The molecule has 0 aromatic heterocycles. The molecule has 2 N–H and O–H groups in total. The van der Waals surface area contributed by atoms with E-state index in [0.717, 1.165) is 6.07 Å². The predicted octanol–water partition coefficient (Wildman–Crippen LogP) is 1.24. The molecular formula is C15H13N3O7S. The Morgan fingerprint density at radius 2 is 1.92 bits per heavy atom. The van der Waals surface area contributed by atoms with Gasteiger partial charge in [-0.25, -0.2) is 13.1 Å². The normalized spacial score (nSPS) is 12.6. The summed E-state index contributed by atoms with van der Waals surface area (Å²) in [4.78, 5) is 21.7. The maximum atomic E-state index is 12.2. The van der Waals surface area contributed by atoms with E-state index in [2.05, 4.69) is 10.0 Å². The number of nitrogens with one attached hydrogen (secondary N) is 2. The average molecular weight is 379 g/mol. The number of nitrogens with zero attached hydrogens (tertiary/aromatic N) is 1. The van der Waals surface area contributed by atoms with Crippen LogP contribution in [0.4, 0.5) is 11.4 Å². The fourth-order valence-electron chi connectivity index (χ4n) is 2.19. The molecule has 0 aliphatic carbocycles. The van der Waals surface area contributed by atoms with Crippen LogP contribution in [0.5, 0.6) is 11.5 Å². The average Bonchev–Trinajstić information content (AvgIpc) is 3.08. The summed E-state index contributed by atoms with van der Waals surface area (Å²) in [7, 11) is -4.07. The topological polar surface area (TPSA) is 137 Å². The van der Waals surface area contributed by atoms with Crippen molar-refractivity contribution in [2.45, 2.75) is 4.90 Å². The van der Waals surface area contributed by atoms with E-state index in [9.17, 15) is 23.3 Å². The molecule has 0 bridgehead atoms. The first-order valence-corrected chi connectivity index (χ1v) is 8.77. The van der Waals surface area contributed by atoms with Crippen molar-refractivity contribution in [2.24, 2.45) is 0 Å². The summed E-state index contributed by atoms with van der Waals surface area (Å²) in [5.74, 6) is 0.409. The minimum absolute atomic E-state index is 0.0930. The second kappa shape index (κ2) is 6.98. The monoisotopic (exact) mass is 379 g/mol. The summed E-state index contributed by atoms with van der Waals surface area (Å²) in [6.07, 6.45) is 0. The summed E-state index contributed by atoms with van der Waals surface area (Å²) >= 11 is 0. The number of rotatable bonds is 6. The van der Waals surface area contributed by atoms with Gasteiger partial charge in [0.15, 0.2) is 11.5 Å². The zero-order valence-corrected chi connectivity index (χ0v) is 14.0. The maximum absolute atomic E-state index is 12.2. The number of carbonyl (C=O) groups is 1. The highest BCUT2D eigenvalue weighted by Crippen LogP contribution is 2.34. The minimum atomic E-state index is -4.07. The molecule has 1 heterocycles. The molecule has 0 atom stereocenters. The fourth-order valence-corrected chi connectivity index (χ4v) is 3.21. The van der Waals surface area contributed by atoms with Gasteiger partial charge in [0.1, 0.15) is 0 Å². The van der Waals surface area contributed by atoms with E-state index in [0.29, 0.717) is 17.2 Å². The van der Waals surface area contributed by atoms with Crippen LogP contribution in [-0.2, 0) is 14.8 Å². The van der Waals surface area contributed by atoms with Crippen LogP contribution in [0, 0.1) is 10.1 Å². The molecule has 3 rings (SSSR count). The number of nitro benzene ring substituents is 1. The number of amides is 1. The lowest BCUT2D eigenvalue weighted by molar-refractivity contribution is -0.385. The van der Waals surface area contributed by atoms with E-state index in [4.69, 9.17) is 9.47 Å². The first-order chi connectivity index (χ1) is 12.3. The van der Waals surface area contributed by atoms with E-state index in [1.165, 1.54) is 18.2 Å². The molecule has 2 aromatic carbocycles. The van der Waals surface area contributed by atoms with Crippen molar-refractivity contribution in [2.75, 3.05) is 18.7 Å². The molecule has 0 radical (unpaired) electrons. The molecule has 26 heavy (non-hydrogen) atoms.